The summed E-state index contributed by atoms with van der Waals surface area (Å²) in [6.45, 7) is 3.74. The molecule has 1 aromatic carbocycles. The molecule has 1 saturated carbocycles. The van der Waals surface area contributed by atoms with E-state index >= 15 is 0 Å². The zero-order chi connectivity index (χ0) is 16.5. The minimum atomic E-state index is -3.77. The maximum atomic E-state index is 12.7. The lowest BCUT2D eigenvalue weighted by Gasteiger charge is -2.29. The predicted molar refractivity (Wildman–Crippen MR) is 90.3 cm³/mol. The van der Waals surface area contributed by atoms with E-state index in [4.69, 9.17) is 5.73 Å². The van der Waals surface area contributed by atoms with Crippen molar-refractivity contribution in [1.82, 2.24) is 4.72 Å². The van der Waals surface area contributed by atoms with E-state index in [1.54, 1.807) is 19.1 Å². The molecular weight excluding hydrogens is 340 g/mol. The van der Waals surface area contributed by atoms with Gasteiger partial charge < -0.3 is 10.5 Å². The molecule has 0 amide bonds. The number of esters is 1. The van der Waals surface area contributed by atoms with Gasteiger partial charge in [-0.3, -0.25) is 0 Å². The van der Waals surface area contributed by atoms with Crippen molar-refractivity contribution in [2.75, 3.05) is 13.7 Å². The zero-order valence-electron chi connectivity index (χ0n) is 13.5. The number of rotatable bonds is 6. The molecule has 0 aliphatic heterocycles. The van der Waals surface area contributed by atoms with Crippen LogP contribution < -0.4 is 10.5 Å². The van der Waals surface area contributed by atoms with Crippen LogP contribution in [0.2, 0.25) is 0 Å². The number of benzene rings is 1. The van der Waals surface area contributed by atoms with Crippen LogP contribution in [0.4, 0.5) is 0 Å². The van der Waals surface area contributed by atoms with Gasteiger partial charge in [0.05, 0.1) is 17.6 Å². The van der Waals surface area contributed by atoms with Crippen LogP contribution in [0.5, 0.6) is 0 Å². The Kier molecular flexibility index (Phi) is 6.20. The topological polar surface area (TPSA) is 98.5 Å². The molecule has 23 heavy (non-hydrogen) atoms. The molecule has 1 unspecified atom stereocenters. The second-order valence-corrected chi connectivity index (χ2v) is 7.62. The van der Waals surface area contributed by atoms with Crippen LogP contribution in [0.15, 0.2) is 23.1 Å². The summed E-state index contributed by atoms with van der Waals surface area (Å²) < 4.78 is 32.8. The van der Waals surface area contributed by atoms with E-state index in [2.05, 4.69) is 9.46 Å². The molecule has 130 valence electrons. The van der Waals surface area contributed by atoms with E-state index in [1.165, 1.54) is 13.2 Å². The van der Waals surface area contributed by atoms with E-state index < -0.39 is 21.5 Å². The van der Waals surface area contributed by atoms with Gasteiger partial charge in [0.1, 0.15) is 0 Å². The molecule has 0 spiro atoms. The summed E-state index contributed by atoms with van der Waals surface area (Å²) >= 11 is 0. The third kappa shape index (κ3) is 4.23. The highest BCUT2D eigenvalue weighted by Gasteiger charge is 2.43. The van der Waals surface area contributed by atoms with Gasteiger partial charge in [-0.15, -0.1) is 12.4 Å². The lowest BCUT2D eigenvalue weighted by molar-refractivity contribution is 0.0600. The summed E-state index contributed by atoms with van der Waals surface area (Å²) in [5.74, 6) is -0.309. The first-order valence-corrected chi connectivity index (χ1v) is 8.65. The monoisotopic (exact) mass is 362 g/mol. The maximum absolute atomic E-state index is 12.7. The molecule has 6 nitrogen and oxygen atoms in total. The third-order valence-corrected chi connectivity index (χ3v) is 5.92. The molecule has 0 saturated heterocycles. The largest absolute Gasteiger partial charge is 0.465 e. The molecular formula is C15H23ClN2O4S. The van der Waals surface area contributed by atoms with Crippen LogP contribution in [0, 0.1) is 12.8 Å². The summed E-state index contributed by atoms with van der Waals surface area (Å²) in [5, 5.41) is 0. The summed E-state index contributed by atoms with van der Waals surface area (Å²) in [7, 11) is -2.51. The van der Waals surface area contributed by atoms with Crippen LogP contribution in [0.1, 0.15) is 35.7 Å². The van der Waals surface area contributed by atoms with Gasteiger partial charge in [-0.2, -0.15) is 0 Å². The second-order valence-electron chi connectivity index (χ2n) is 5.97. The Morgan fingerprint density at radius 1 is 1.43 bits per heavy atom. The standard InChI is InChI=1S/C15H22N2O4S.ClH/c1-10-4-5-11(14(18)21-3)8-13(10)22(19,20)17-15(2,9-16)12-6-7-12;/h4-5,8,12,17H,6-7,9,16H2,1-3H3;1H. The van der Waals surface area contributed by atoms with E-state index in [0.29, 0.717) is 5.56 Å². The normalized spacial score (nSPS) is 17.0. The zero-order valence-corrected chi connectivity index (χ0v) is 15.1. The van der Waals surface area contributed by atoms with E-state index in [0.717, 1.165) is 12.8 Å². The van der Waals surface area contributed by atoms with Crippen LogP contribution in [-0.4, -0.2) is 33.6 Å². The number of halogens is 1. The highest BCUT2D eigenvalue weighted by atomic mass is 35.5. The highest BCUT2D eigenvalue weighted by Crippen LogP contribution is 2.39. The lowest BCUT2D eigenvalue weighted by Crippen LogP contribution is -2.53. The Balaban J connectivity index is 0.00000264. The quantitative estimate of drug-likeness (QED) is 0.749. The number of nitrogens with two attached hydrogens (primary N) is 1. The van der Waals surface area contributed by atoms with Crippen LogP contribution in [0.3, 0.4) is 0 Å². The predicted octanol–water partition coefficient (Wildman–Crippen LogP) is 1.61. The van der Waals surface area contributed by atoms with Crippen molar-refractivity contribution in [1.29, 1.82) is 0 Å². The van der Waals surface area contributed by atoms with Crippen LogP contribution >= 0.6 is 12.4 Å². The first kappa shape index (κ1) is 19.9. The van der Waals surface area contributed by atoms with Crippen molar-refractivity contribution in [2.24, 2.45) is 11.7 Å². The van der Waals surface area contributed by atoms with Gasteiger partial charge >= 0.3 is 5.97 Å². The van der Waals surface area contributed by atoms with Crippen LogP contribution in [0.25, 0.3) is 0 Å². The summed E-state index contributed by atoms with van der Waals surface area (Å²) in [4.78, 5) is 11.7. The minimum absolute atomic E-state index is 0. The number of aryl methyl sites for hydroxylation is 1. The molecule has 0 radical (unpaired) electrons. The Morgan fingerprint density at radius 3 is 2.52 bits per heavy atom. The smallest absolute Gasteiger partial charge is 0.337 e. The van der Waals surface area contributed by atoms with Crippen molar-refractivity contribution in [2.45, 2.75) is 37.1 Å². The van der Waals surface area contributed by atoms with Crippen molar-refractivity contribution in [3.63, 3.8) is 0 Å². The number of carbonyl (C=O) groups is 1. The molecule has 1 aliphatic carbocycles. The fraction of sp³-hybridized carbons (Fsp3) is 0.533. The molecule has 0 bridgehead atoms. The number of nitrogens with one attached hydrogen (secondary N) is 1. The average Bonchev–Trinajstić information content (AvgIpc) is 3.31. The molecule has 1 atom stereocenters. The second kappa shape index (κ2) is 7.17. The van der Waals surface area contributed by atoms with E-state index in [1.807, 2.05) is 6.92 Å². The number of hydrogen-bond donors (Lipinski definition) is 2. The van der Waals surface area contributed by atoms with Gasteiger partial charge in [0, 0.05) is 12.1 Å². The summed E-state index contributed by atoms with van der Waals surface area (Å²) in [5.41, 5.74) is 5.88. The Bertz CT molecular complexity index is 689. The average molecular weight is 363 g/mol. The van der Waals surface area contributed by atoms with Crippen LogP contribution in [-0.2, 0) is 14.8 Å². The molecule has 0 heterocycles. The maximum Gasteiger partial charge on any atom is 0.337 e. The fourth-order valence-corrected chi connectivity index (χ4v) is 4.26. The van der Waals surface area contributed by atoms with E-state index in [-0.39, 0.29) is 35.3 Å². The van der Waals surface area contributed by atoms with Crippen molar-refractivity contribution < 1.29 is 17.9 Å². The van der Waals surface area contributed by atoms with Crippen molar-refractivity contribution in [3.05, 3.63) is 29.3 Å². The van der Waals surface area contributed by atoms with Gasteiger partial charge in [-0.1, -0.05) is 6.07 Å². The third-order valence-electron chi connectivity index (χ3n) is 4.17. The molecule has 3 N–H and O–H groups in total. The molecule has 1 aromatic rings. The number of ether oxygens (including phenoxy) is 1. The molecule has 1 fully saturated rings. The van der Waals surface area contributed by atoms with E-state index in [9.17, 15) is 13.2 Å². The van der Waals surface area contributed by atoms with Gasteiger partial charge in [-0.05, 0) is 50.3 Å². The SMILES string of the molecule is COC(=O)c1ccc(C)c(S(=O)(=O)NC(C)(CN)C2CC2)c1.Cl. The highest BCUT2D eigenvalue weighted by molar-refractivity contribution is 7.89. The van der Waals surface area contributed by atoms with Gasteiger partial charge in [0.2, 0.25) is 10.0 Å². The summed E-state index contributed by atoms with van der Waals surface area (Å²) in [6, 6.07) is 4.48. The number of carbonyl (C=O) groups excluding carboxylic acids is 1. The molecule has 1 aliphatic rings. The number of sulfonamides is 1. The lowest BCUT2D eigenvalue weighted by atomic mass is 9.98. The summed E-state index contributed by atoms with van der Waals surface area (Å²) in [6.07, 6.45) is 1.94. The van der Waals surface area contributed by atoms with Crippen molar-refractivity contribution >= 4 is 28.4 Å². The first-order chi connectivity index (χ1) is 10.2. The fourth-order valence-electron chi connectivity index (χ4n) is 2.51. The van der Waals surface area contributed by atoms with Gasteiger partial charge in [0.25, 0.3) is 0 Å². The van der Waals surface area contributed by atoms with Gasteiger partial charge in [0.15, 0.2) is 0 Å². The number of hydrogen-bond acceptors (Lipinski definition) is 5. The molecule has 8 heteroatoms. The molecule has 2 rings (SSSR count). The van der Waals surface area contributed by atoms with Crippen molar-refractivity contribution in [3.8, 4) is 0 Å². The Morgan fingerprint density at radius 2 is 2.04 bits per heavy atom. The Hall–Kier alpha value is -1.15. The first-order valence-electron chi connectivity index (χ1n) is 7.16. The molecule has 0 aromatic heterocycles. The minimum Gasteiger partial charge on any atom is -0.465 e. The Labute approximate surface area is 143 Å². The van der Waals surface area contributed by atoms with Gasteiger partial charge in [-0.25, -0.2) is 17.9 Å². The number of methoxy groups -OCH3 is 1.